The first-order chi connectivity index (χ1) is 6.27. The van der Waals surface area contributed by atoms with Crippen molar-refractivity contribution in [3.05, 3.63) is 34.9 Å². The molecule has 1 nitrogen and oxygen atoms in total. The monoisotopic (exact) mass is 191 g/mol. The summed E-state index contributed by atoms with van der Waals surface area (Å²) in [6.45, 7) is 0. The summed E-state index contributed by atoms with van der Waals surface area (Å²) in [7, 11) is 0. The van der Waals surface area contributed by atoms with Gasteiger partial charge in [0.05, 0.1) is 11.5 Å². The van der Waals surface area contributed by atoms with Gasteiger partial charge in [0.2, 0.25) is 0 Å². The largest absolute Gasteiger partial charge is 0.197 e. The van der Waals surface area contributed by atoms with Crippen molar-refractivity contribution in [3.8, 4) is 6.07 Å². The van der Waals surface area contributed by atoms with E-state index in [1.165, 1.54) is 0 Å². The molecule has 1 saturated carbocycles. The summed E-state index contributed by atoms with van der Waals surface area (Å²) in [5, 5.41) is 9.81. The number of benzene rings is 1. The van der Waals surface area contributed by atoms with Crippen molar-refractivity contribution < 1.29 is 0 Å². The van der Waals surface area contributed by atoms with Gasteiger partial charge >= 0.3 is 0 Å². The van der Waals surface area contributed by atoms with Crippen molar-refractivity contribution in [2.75, 3.05) is 0 Å². The third-order valence-corrected chi connectivity index (χ3v) is 3.03. The van der Waals surface area contributed by atoms with Gasteiger partial charge in [0.25, 0.3) is 0 Å². The van der Waals surface area contributed by atoms with Crippen molar-refractivity contribution in [1.82, 2.24) is 0 Å². The zero-order chi connectivity index (χ0) is 9.31. The van der Waals surface area contributed by atoms with E-state index in [1.54, 1.807) is 0 Å². The van der Waals surface area contributed by atoms with Crippen LogP contribution in [-0.2, 0) is 5.41 Å². The lowest BCUT2D eigenvalue weighted by Gasteiger charge is -2.35. The lowest BCUT2D eigenvalue weighted by atomic mass is 9.66. The van der Waals surface area contributed by atoms with Crippen LogP contribution in [0.4, 0.5) is 0 Å². The molecule has 0 unspecified atom stereocenters. The Morgan fingerprint density at radius 3 is 2.62 bits per heavy atom. The third kappa shape index (κ3) is 1.32. The van der Waals surface area contributed by atoms with Gasteiger partial charge in [-0.1, -0.05) is 23.7 Å². The molecule has 0 heterocycles. The van der Waals surface area contributed by atoms with Gasteiger partial charge in [0, 0.05) is 5.02 Å². The Labute approximate surface area is 82.9 Å². The molecule has 66 valence electrons. The van der Waals surface area contributed by atoms with Gasteiger partial charge in [-0.15, -0.1) is 0 Å². The van der Waals surface area contributed by atoms with E-state index >= 15 is 0 Å². The van der Waals surface area contributed by atoms with Crippen LogP contribution < -0.4 is 0 Å². The second kappa shape index (κ2) is 3.05. The smallest absolute Gasteiger partial charge is 0.0823 e. The maximum atomic E-state index is 9.09. The molecule has 1 aromatic carbocycles. The molecule has 1 aliphatic rings. The van der Waals surface area contributed by atoms with E-state index in [1.807, 2.05) is 24.3 Å². The number of hydrogen-bond donors (Lipinski definition) is 0. The predicted octanol–water partition coefficient (Wildman–Crippen LogP) is 3.29. The molecule has 0 N–H and O–H groups in total. The van der Waals surface area contributed by atoms with Gasteiger partial charge < -0.3 is 0 Å². The van der Waals surface area contributed by atoms with Crippen LogP contribution in [0.2, 0.25) is 5.02 Å². The number of nitriles is 1. The average Bonchev–Trinajstić information content (AvgIpc) is 2.03. The fourth-order valence-corrected chi connectivity index (χ4v) is 1.97. The molecule has 2 rings (SSSR count). The van der Waals surface area contributed by atoms with Crippen LogP contribution in [0.1, 0.15) is 24.8 Å². The molecule has 0 aliphatic heterocycles. The molecule has 0 radical (unpaired) electrons. The van der Waals surface area contributed by atoms with E-state index in [0.717, 1.165) is 29.8 Å². The Hall–Kier alpha value is -1.00. The minimum Gasteiger partial charge on any atom is -0.197 e. The summed E-state index contributed by atoms with van der Waals surface area (Å²) in [4.78, 5) is 0. The fraction of sp³-hybridized carbons (Fsp3) is 0.364. The van der Waals surface area contributed by atoms with Gasteiger partial charge in [-0.3, -0.25) is 0 Å². The zero-order valence-electron chi connectivity index (χ0n) is 7.26. The molecule has 0 spiro atoms. The highest BCUT2D eigenvalue weighted by Gasteiger charge is 2.38. The maximum absolute atomic E-state index is 9.09. The lowest BCUT2D eigenvalue weighted by molar-refractivity contribution is 0.324. The first-order valence-electron chi connectivity index (χ1n) is 4.44. The van der Waals surface area contributed by atoms with Crippen LogP contribution in [0.5, 0.6) is 0 Å². The second-order valence-electron chi connectivity index (χ2n) is 3.56. The van der Waals surface area contributed by atoms with Crippen LogP contribution in [0.15, 0.2) is 24.3 Å². The van der Waals surface area contributed by atoms with E-state index in [0.29, 0.717) is 0 Å². The van der Waals surface area contributed by atoms with E-state index in [-0.39, 0.29) is 5.41 Å². The third-order valence-electron chi connectivity index (χ3n) is 2.80. The highest BCUT2D eigenvalue weighted by Crippen LogP contribution is 2.43. The highest BCUT2D eigenvalue weighted by molar-refractivity contribution is 6.30. The van der Waals surface area contributed by atoms with E-state index in [2.05, 4.69) is 6.07 Å². The van der Waals surface area contributed by atoms with Crippen LogP contribution in [0.25, 0.3) is 0 Å². The molecule has 13 heavy (non-hydrogen) atoms. The number of rotatable bonds is 1. The van der Waals surface area contributed by atoms with Crippen molar-refractivity contribution in [2.24, 2.45) is 0 Å². The normalized spacial score (nSPS) is 18.8. The average molecular weight is 192 g/mol. The van der Waals surface area contributed by atoms with Gasteiger partial charge in [0.15, 0.2) is 0 Å². The Kier molecular flexibility index (Phi) is 2.01. The van der Waals surface area contributed by atoms with Crippen molar-refractivity contribution in [1.29, 1.82) is 5.26 Å². The highest BCUT2D eigenvalue weighted by atomic mass is 35.5. The van der Waals surface area contributed by atoms with Gasteiger partial charge in [0.1, 0.15) is 0 Å². The maximum Gasteiger partial charge on any atom is 0.0823 e. The van der Waals surface area contributed by atoms with Crippen LogP contribution >= 0.6 is 11.6 Å². The van der Waals surface area contributed by atoms with Crippen LogP contribution in [0, 0.1) is 11.3 Å². The van der Waals surface area contributed by atoms with E-state index < -0.39 is 0 Å². The zero-order valence-corrected chi connectivity index (χ0v) is 8.01. The summed E-state index contributed by atoms with van der Waals surface area (Å²) in [6, 6.07) is 10.1. The second-order valence-corrected chi connectivity index (χ2v) is 3.99. The van der Waals surface area contributed by atoms with Crippen molar-refractivity contribution in [2.45, 2.75) is 24.7 Å². The first-order valence-corrected chi connectivity index (χ1v) is 4.82. The molecule has 0 aromatic heterocycles. The Balaban J connectivity index is 2.40. The lowest BCUT2D eigenvalue weighted by Crippen LogP contribution is -2.32. The number of nitrogens with zero attached hydrogens (tertiary/aromatic N) is 1. The molecule has 1 aromatic rings. The van der Waals surface area contributed by atoms with Crippen molar-refractivity contribution in [3.63, 3.8) is 0 Å². The fourth-order valence-electron chi connectivity index (χ4n) is 1.78. The molecule has 0 saturated heterocycles. The topological polar surface area (TPSA) is 23.8 Å². The summed E-state index contributed by atoms with van der Waals surface area (Å²) >= 11 is 5.88. The molecule has 0 amide bonds. The van der Waals surface area contributed by atoms with Crippen molar-refractivity contribution >= 4 is 11.6 Å². The molecular formula is C11H10ClN. The van der Waals surface area contributed by atoms with Crippen LogP contribution in [0.3, 0.4) is 0 Å². The molecule has 0 bridgehead atoms. The Morgan fingerprint density at radius 2 is 2.15 bits per heavy atom. The minimum atomic E-state index is -0.231. The van der Waals surface area contributed by atoms with E-state index in [4.69, 9.17) is 16.9 Å². The standard InChI is InChI=1S/C11H10ClN/c12-10-4-1-3-9(7-10)11(8-13)5-2-6-11/h1,3-4,7H,2,5-6H2. The van der Waals surface area contributed by atoms with Gasteiger partial charge in [-0.2, -0.15) is 5.26 Å². The first kappa shape index (κ1) is 8.59. The summed E-state index contributed by atoms with van der Waals surface area (Å²) in [6.07, 6.45) is 3.10. The molecule has 0 atom stereocenters. The summed E-state index contributed by atoms with van der Waals surface area (Å²) in [5.41, 5.74) is 0.846. The van der Waals surface area contributed by atoms with Crippen LogP contribution in [-0.4, -0.2) is 0 Å². The summed E-state index contributed by atoms with van der Waals surface area (Å²) < 4.78 is 0. The van der Waals surface area contributed by atoms with E-state index in [9.17, 15) is 0 Å². The Morgan fingerprint density at radius 1 is 1.38 bits per heavy atom. The SMILES string of the molecule is N#CC1(c2cccc(Cl)c2)CCC1. The molecule has 1 fully saturated rings. The van der Waals surface area contributed by atoms with Gasteiger partial charge in [-0.25, -0.2) is 0 Å². The quantitative estimate of drug-likeness (QED) is 0.668. The Bertz CT molecular complexity index is 361. The number of halogens is 1. The molecule has 1 aliphatic carbocycles. The number of hydrogen-bond acceptors (Lipinski definition) is 1. The predicted molar refractivity (Wildman–Crippen MR) is 52.6 cm³/mol. The molecule has 2 heteroatoms. The molecular weight excluding hydrogens is 182 g/mol. The summed E-state index contributed by atoms with van der Waals surface area (Å²) in [5.74, 6) is 0. The van der Waals surface area contributed by atoms with Gasteiger partial charge in [-0.05, 0) is 37.0 Å². The minimum absolute atomic E-state index is 0.231.